The molecular weight excluding hydrogens is 287 g/mol. The van der Waals surface area contributed by atoms with Gasteiger partial charge in [0, 0.05) is 12.1 Å². The van der Waals surface area contributed by atoms with Crippen LogP contribution in [0.2, 0.25) is 0 Å². The predicted molar refractivity (Wildman–Crippen MR) is 69.5 cm³/mol. The Morgan fingerprint density at radius 2 is 2.19 bits per heavy atom. The zero-order valence-corrected chi connectivity index (χ0v) is 11.0. The molecule has 0 saturated carbocycles. The molecule has 0 aliphatic carbocycles. The number of rotatable bonds is 6. The lowest BCUT2D eigenvalue weighted by Crippen LogP contribution is -2.28. The van der Waals surface area contributed by atoms with Gasteiger partial charge in [-0.25, -0.2) is 13.2 Å². The largest absolute Gasteiger partial charge is 0.384 e. The lowest BCUT2D eigenvalue weighted by atomic mass is 10.1. The molecule has 4 nitrogen and oxygen atoms in total. The highest BCUT2D eigenvalue weighted by atomic mass is 19.3. The van der Waals surface area contributed by atoms with Crippen LogP contribution in [-0.2, 0) is 4.74 Å². The predicted octanol–water partition coefficient (Wildman–Crippen LogP) is 1.18. The van der Waals surface area contributed by atoms with Crippen molar-refractivity contribution in [3.63, 3.8) is 0 Å². The fraction of sp³-hybridized carbons (Fsp3) is 0.357. The molecule has 0 aliphatic rings. The van der Waals surface area contributed by atoms with Gasteiger partial charge in [0.25, 0.3) is 12.3 Å². The number of aliphatic hydroxyl groups is 1. The first-order valence-corrected chi connectivity index (χ1v) is 6.08. The zero-order chi connectivity index (χ0) is 15.7. The van der Waals surface area contributed by atoms with Crippen molar-refractivity contribution in [1.82, 2.24) is 5.32 Å². The van der Waals surface area contributed by atoms with E-state index in [1.54, 1.807) is 0 Å². The minimum atomic E-state index is -2.56. The molecule has 0 atom stereocenters. The number of aliphatic hydroxyl groups excluding tert-OH is 1. The smallest absolute Gasteiger partial charge is 0.261 e. The minimum absolute atomic E-state index is 0.00291. The molecule has 0 saturated heterocycles. The Morgan fingerprint density at radius 1 is 1.43 bits per heavy atom. The van der Waals surface area contributed by atoms with Gasteiger partial charge in [-0.15, -0.1) is 0 Å². The first-order valence-electron chi connectivity index (χ1n) is 6.08. The summed E-state index contributed by atoms with van der Waals surface area (Å²) in [6.07, 6.45) is -2.56. The van der Waals surface area contributed by atoms with E-state index in [4.69, 9.17) is 5.11 Å². The van der Waals surface area contributed by atoms with Crippen LogP contribution in [-0.4, -0.2) is 43.8 Å². The van der Waals surface area contributed by atoms with E-state index < -0.39 is 24.8 Å². The Kier molecular flexibility index (Phi) is 7.29. The number of halogens is 3. The summed E-state index contributed by atoms with van der Waals surface area (Å²) in [5.41, 5.74) is 0.150. The molecule has 1 aromatic carbocycles. The molecule has 0 radical (unpaired) electrons. The summed E-state index contributed by atoms with van der Waals surface area (Å²) in [6.45, 7) is -1.14. The van der Waals surface area contributed by atoms with Crippen LogP contribution >= 0.6 is 0 Å². The normalized spacial score (nSPS) is 10.1. The first kappa shape index (κ1) is 17.0. The molecule has 1 amide bonds. The summed E-state index contributed by atoms with van der Waals surface area (Å²) >= 11 is 0. The van der Waals surface area contributed by atoms with Gasteiger partial charge in [-0.05, 0) is 18.2 Å². The lowest BCUT2D eigenvalue weighted by molar-refractivity contribution is 0.0188. The van der Waals surface area contributed by atoms with Gasteiger partial charge in [-0.3, -0.25) is 4.79 Å². The van der Waals surface area contributed by atoms with Crippen LogP contribution in [0.15, 0.2) is 18.2 Å². The Bertz CT molecular complexity index is 538. The summed E-state index contributed by atoms with van der Waals surface area (Å²) < 4.78 is 41.8. The number of ether oxygens (including phenoxy) is 1. The van der Waals surface area contributed by atoms with Crippen LogP contribution in [0.3, 0.4) is 0 Å². The average Bonchev–Trinajstić information content (AvgIpc) is 2.44. The fourth-order valence-corrected chi connectivity index (χ4v) is 1.42. The molecule has 1 aromatic rings. The topological polar surface area (TPSA) is 58.6 Å². The Hall–Kier alpha value is -2.04. The van der Waals surface area contributed by atoms with Crippen LogP contribution in [0.1, 0.15) is 15.9 Å². The molecule has 0 aliphatic heterocycles. The Labute approximate surface area is 119 Å². The quantitative estimate of drug-likeness (QED) is 0.613. The number of hydrogen-bond acceptors (Lipinski definition) is 3. The maximum atomic E-state index is 13.7. The van der Waals surface area contributed by atoms with Gasteiger partial charge in [0.2, 0.25) is 0 Å². The average molecular weight is 301 g/mol. The summed E-state index contributed by atoms with van der Waals surface area (Å²) in [4.78, 5) is 11.7. The van der Waals surface area contributed by atoms with Gasteiger partial charge < -0.3 is 15.2 Å². The number of carbonyl (C=O) groups is 1. The molecule has 0 bridgehead atoms. The molecule has 0 aromatic heterocycles. The monoisotopic (exact) mass is 301 g/mol. The fourth-order valence-electron chi connectivity index (χ4n) is 1.42. The number of carbonyl (C=O) groups excluding carboxylic acids is 1. The molecular formula is C14H14F3NO3. The Morgan fingerprint density at radius 3 is 2.81 bits per heavy atom. The van der Waals surface area contributed by atoms with Crippen molar-refractivity contribution < 1.29 is 27.8 Å². The standard InChI is InChI=1S/C14H14F3NO3/c15-12-8-10(2-1-6-19)3-4-11(12)14(20)18-5-7-21-9-13(16)17/h3-4,8,13,19H,5-7,9H2,(H,18,20). The minimum Gasteiger partial charge on any atom is -0.384 e. The summed E-state index contributed by atoms with van der Waals surface area (Å²) in [6, 6.07) is 3.77. The zero-order valence-electron chi connectivity index (χ0n) is 11.0. The van der Waals surface area contributed by atoms with Crippen molar-refractivity contribution in [2.45, 2.75) is 6.43 Å². The van der Waals surface area contributed by atoms with E-state index in [-0.39, 0.29) is 25.3 Å². The number of hydrogen-bond donors (Lipinski definition) is 2. The molecule has 21 heavy (non-hydrogen) atoms. The highest BCUT2D eigenvalue weighted by Gasteiger charge is 2.11. The van der Waals surface area contributed by atoms with Crippen LogP contribution in [0.5, 0.6) is 0 Å². The molecule has 0 fully saturated rings. The third-order valence-electron chi connectivity index (χ3n) is 2.30. The molecule has 0 spiro atoms. The van der Waals surface area contributed by atoms with E-state index in [0.29, 0.717) is 5.56 Å². The van der Waals surface area contributed by atoms with Crippen LogP contribution in [0.25, 0.3) is 0 Å². The van der Waals surface area contributed by atoms with E-state index in [2.05, 4.69) is 21.9 Å². The van der Waals surface area contributed by atoms with Gasteiger partial charge >= 0.3 is 0 Å². The van der Waals surface area contributed by atoms with Gasteiger partial charge in [0.05, 0.1) is 12.2 Å². The molecule has 1 rings (SSSR count). The highest BCUT2D eigenvalue weighted by molar-refractivity contribution is 5.94. The summed E-state index contributed by atoms with van der Waals surface area (Å²) in [7, 11) is 0. The number of amides is 1. The second-order valence-corrected chi connectivity index (χ2v) is 3.88. The molecule has 0 unspecified atom stereocenters. The third-order valence-corrected chi connectivity index (χ3v) is 2.30. The van der Waals surface area contributed by atoms with Gasteiger partial charge in [-0.1, -0.05) is 11.8 Å². The van der Waals surface area contributed by atoms with Crippen molar-refractivity contribution in [3.05, 3.63) is 35.1 Å². The SMILES string of the molecule is O=C(NCCOCC(F)F)c1ccc(C#CCO)cc1F. The first-order chi connectivity index (χ1) is 10.0. The van der Waals surface area contributed by atoms with Crippen LogP contribution < -0.4 is 5.32 Å². The molecule has 114 valence electrons. The number of alkyl halides is 2. The van der Waals surface area contributed by atoms with Gasteiger partial charge in [0.15, 0.2) is 0 Å². The van der Waals surface area contributed by atoms with Crippen molar-refractivity contribution in [1.29, 1.82) is 0 Å². The number of nitrogens with one attached hydrogen (secondary N) is 1. The maximum absolute atomic E-state index is 13.7. The van der Waals surface area contributed by atoms with Crippen molar-refractivity contribution in [2.75, 3.05) is 26.4 Å². The summed E-state index contributed by atoms with van der Waals surface area (Å²) in [5.74, 6) is 3.44. The molecule has 2 N–H and O–H groups in total. The molecule has 7 heteroatoms. The van der Waals surface area contributed by atoms with E-state index in [1.807, 2.05) is 0 Å². The van der Waals surface area contributed by atoms with Crippen molar-refractivity contribution >= 4 is 5.91 Å². The van der Waals surface area contributed by atoms with Crippen LogP contribution in [0.4, 0.5) is 13.2 Å². The van der Waals surface area contributed by atoms with E-state index >= 15 is 0 Å². The Balaban J connectivity index is 2.51. The van der Waals surface area contributed by atoms with Crippen LogP contribution in [0, 0.1) is 17.7 Å². The van der Waals surface area contributed by atoms with E-state index in [1.165, 1.54) is 12.1 Å². The lowest BCUT2D eigenvalue weighted by Gasteiger charge is -2.07. The molecule has 0 heterocycles. The number of benzene rings is 1. The summed E-state index contributed by atoms with van der Waals surface area (Å²) in [5, 5.41) is 10.9. The van der Waals surface area contributed by atoms with E-state index in [9.17, 15) is 18.0 Å². The van der Waals surface area contributed by atoms with Gasteiger partial charge in [0.1, 0.15) is 19.0 Å². The van der Waals surface area contributed by atoms with E-state index in [0.717, 1.165) is 6.07 Å². The third kappa shape index (κ3) is 6.29. The second-order valence-electron chi connectivity index (χ2n) is 3.88. The highest BCUT2D eigenvalue weighted by Crippen LogP contribution is 2.09. The van der Waals surface area contributed by atoms with Crippen molar-refractivity contribution in [2.24, 2.45) is 0 Å². The van der Waals surface area contributed by atoms with Gasteiger partial charge in [-0.2, -0.15) is 0 Å². The van der Waals surface area contributed by atoms with Crippen molar-refractivity contribution in [3.8, 4) is 11.8 Å². The second kappa shape index (κ2) is 9.00. The maximum Gasteiger partial charge on any atom is 0.261 e.